The Balaban J connectivity index is 2.24. The van der Waals surface area contributed by atoms with Crippen LogP contribution in [0.2, 0.25) is 0 Å². The highest BCUT2D eigenvalue weighted by Gasteiger charge is 2.48. The van der Waals surface area contributed by atoms with E-state index in [2.05, 4.69) is 10.4 Å². The molecule has 1 fully saturated rings. The number of anilines is 1. The molecule has 2 rings (SSSR count). The number of rotatable bonds is 3. The normalized spacial score (nSPS) is 18.0. The summed E-state index contributed by atoms with van der Waals surface area (Å²) in [5.74, 6) is -2.95. The van der Waals surface area contributed by atoms with Gasteiger partial charge in [0.05, 0.1) is 11.2 Å². The van der Waals surface area contributed by atoms with Crippen LogP contribution in [0.4, 0.5) is 32.6 Å². The van der Waals surface area contributed by atoms with E-state index < -0.39 is 36.1 Å². The minimum absolute atomic E-state index is 0.206. The predicted molar refractivity (Wildman–Crippen MR) is 82.0 cm³/mol. The van der Waals surface area contributed by atoms with Crippen molar-refractivity contribution in [2.24, 2.45) is 0 Å². The van der Waals surface area contributed by atoms with Gasteiger partial charge in [0.15, 0.2) is 0 Å². The first-order valence-electron chi connectivity index (χ1n) is 7.79. The lowest BCUT2D eigenvalue weighted by Crippen LogP contribution is -2.38. The second kappa shape index (κ2) is 6.14. The number of halogens is 5. The summed E-state index contributed by atoms with van der Waals surface area (Å²) in [7, 11) is 0. The average molecular weight is 368 g/mol. The molecule has 2 amide bonds. The van der Waals surface area contributed by atoms with E-state index in [1.54, 1.807) is 33.0 Å². The van der Waals surface area contributed by atoms with E-state index in [0.717, 1.165) is 0 Å². The lowest BCUT2D eigenvalue weighted by Gasteiger charge is -2.34. The zero-order chi connectivity index (χ0) is 19.2. The van der Waals surface area contributed by atoms with E-state index in [4.69, 9.17) is 0 Å². The van der Waals surface area contributed by atoms with Gasteiger partial charge < -0.3 is 5.32 Å². The van der Waals surface area contributed by atoms with Crippen LogP contribution in [-0.4, -0.2) is 34.5 Å². The van der Waals surface area contributed by atoms with Crippen LogP contribution in [0.3, 0.4) is 0 Å². The minimum Gasteiger partial charge on any atom is -0.329 e. The number of carbonyl (C=O) groups excluding carboxylic acids is 1. The van der Waals surface area contributed by atoms with Crippen molar-refractivity contribution >= 4 is 11.8 Å². The van der Waals surface area contributed by atoms with Crippen molar-refractivity contribution in [1.82, 2.24) is 15.1 Å². The summed E-state index contributed by atoms with van der Waals surface area (Å²) in [6.07, 6.45) is -5.18. The molecule has 0 bridgehead atoms. The van der Waals surface area contributed by atoms with E-state index in [9.17, 15) is 26.7 Å². The van der Waals surface area contributed by atoms with Crippen LogP contribution in [-0.2, 0) is 5.54 Å². The average Bonchev–Trinajstić information content (AvgIpc) is 2.70. The van der Waals surface area contributed by atoms with Gasteiger partial charge >= 0.3 is 12.2 Å². The molecule has 0 radical (unpaired) electrons. The molecule has 1 aromatic heterocycles. The smallest absolute Gasteiger partial charge is 0.329 e. The quantitative estimate of drug-likeness (QED) is 0.788. The first kappa shape index (κ1) is 19.5. The molecule has 0 unspecified atom stereocenters. The van der Waals surface area contributed by atoms with Gasteiger partial charge in [0.2, 0.25) is 5.92 Å². The number of hydrogen-bond acceptors (Lipinski definition) is 2. The summed E-state index contributed by atoms with van der Waals surface area (Å²) in [5.41, 5.74) is 0.326. The van der Waals surface area contributed by atoms with Crippen LogP contribution in [0.1, 0.15) is 50.8 Å². The molecule has 1 saturated carbocycles. The van der Waals surface area contributed by atoms with Gasteiger partial charge in [0, 0.05) is 24.3 Å². The molecular formula is C15H21F5N4O. The Bertz CT molecular complexity index is 652. The van der Waals surface area contributed by atoms with E-state index in [1.807, 2.05) is 0 Å². The van der Waals surface area contributed by atoms with Gasteiger partial charge in [-0.2, -0.15) is 18.3 Å². The molecular weight excluding hydrogens is 347 g/mol. The van der Waals surface area contributed by atoms with Gasteiger partial charge in [0.25, 0.3) is 0 Å². The molecule has 0 atom stereocenters. The van der Waals surface area contributed by atoms with Crippen LogP contribution in [0.15, 0.2) is 0 Å². The third-order valence-electron chi connectivity index (χ3n) is 3.95. The van der Waals surface area contributed by atoms with Crippen LogP contribution in [0.25, 0.3) is 0 Å². The number of hydrogen-bond donors (Lipinski definition) is 2. The van der Waals surface area contributed by atoms with Crippen LogP contribution >= 0.6 is 0 Å². The maximum Gasteiger partial charge on any atom is 0.405 e. The zero-order valence-electron chi connectivity index (χ0n) is 14.4. The third kappa shape index (κ3) is 4.60. The summed E-state index contributed by atoms with van der Waals surface area (Å²) in [5, 5.41) is 8.43. The summed E-state index contributed by atoms with van der Waals surface area (Å²) >= 11 is 0. The maximum absolute atomic E-state index is 13.1. The molecule has 0 aromatic carbocycles. The first-order valence-corrected chi connectivity index (χ1v) is 7.79. The van der Waals surface area contributed by atoms with Crippen molar-refractivity contribution in [3.8, 4) is 0 Å². The fourth-order valence-corrected chi connectivity index (χ4v) is 2.72. The summed E-state index contributed by atoms with van der Waals surface area (Å²) in [6, 6.07) is -1.03. The Hall–Kier alpha value is -1.87. The number of aromatic nitrogens is 2. The highest BCUT2D eigenvalue weighted by Crippen LogP contribution is 2.49. The molecule has 10 heteroatoms. The standard InChI is InChI=1S/C15H21F5N4O/c1-8-10(9-5-14(16,17)6-9)23-24(13(2,3)4)11(8)22-12(25)21-7-15(18,19)20/h9H,5-7H2,1-4H3,(H2,21,22,25). The SMILES string of the molecule is Cc1c(C2CC(F)(F)C2)nn(C(C)(C)C)c1NC(=O)NCC(F)(F)F. The lowest BCUT2D eigenvalue weighted by atomic mass is 9.78. The number of nitrogens with one attached hydrogen (secondary N) is 2. The van der Waals surface area contributed by atoms with Gasteiger partial charge in [-0.1, -0.05) is 0 Å². The molecule has 142 valence electrons. The van der Waals surface area contributed by atoms with Crippen LogP contribution in [0.5, 0.6) is 0 Å². The van der Waals surface area contributed by atoms with Crippen LogP contribution < -0.4 is 10.6 Å². The fourth-order valence-electron chi connectivity index (χ4n) is 2.72. The molecule has 1 aliphatic rings. The molecule has 0 saturated heterocycles. The lowest BCUT2D eigenvalue weighted by molar-refractivity contribution is -0.122. The van der Waals surface area contributed by atoms with Gasteiger partial charge in [0.1, 0.15) is 12.4 Å². The molecule has 25 heavy (non-hydrogen) atoms. The van der Waals surface area contributed by atoms with Crippen molar-refractivity contribution in [2.45, 2.75) is 64.1 Å². The molecule has 5 nitrogen and oxygen atoms in total. The topological polar surface area (TPSA) is 59.0 Å². The molecule has 1 aromatic rings. The number of nitrogens with zero attached hydrogens (tertiary/aromatic N) is 2. The van der Waals surface area contributed by atoms with E-state index in [0.29, 0.717) is 11.3 Å². The molecule has 1 aliphatic carbocycles. The van der Waals surface area contributed by atoms with Crippen molar-refractivity contribution in [1.29, 1.82) is 0 Å². The maximum atomic E-state index is 13.1. The summed E-state index contributed by atoms with van der Waals surface area (Å²) in [4.78, 5) is 11.8. The Morgan fingerprint density at radius 2 is 1.84 bits per heavy atom. The largest absolute Gasteiger partial charge is 0.405 e. The highest BCUT2D eigenvalue weighted by atomic mass is 19.4. The van der Waals surface area contributed by atoms with Crippen molar-refractivity contribution in [3.63, 3.8) is 0 Å². The van der Waals surface area contributed by atoms with Crippen LogP contribution in [0, 0.1) is 6.92 Å². The molecule has 0 spiro atoms. The van der Waals surface area contributed by atoms with E-state index >= 15 is 0 Å². The van der Waals surface area contributed by atoms with Crippen molar-refractivity contribution < 1.29 is 26.7 Å². The van der Waals surface area contributed by atoms with E-state index in [-0.39, 0.29) is 18.7 Å². The van der Waals surface area contributed by atoms with Gasteiger partial charge in [-0.15, -0.1) is 0 Å². The van der Waals surface area contributed by atoms with Gasteiger partial charge in [-0.3, -0.25) is 5.32 Å². The number of alkyl halides is 5. The summed E-state index contributed by atoms with van der Waals surface area (Å²) in [6.45, 7) is 5.51. The van der Waals surface area contributed by atoms with Crippen molar-refractivity contribution in [3.05, 3.63) is 11.3 Å². The second-order valence-corrected chi connectivity index (χ2v) is 7.33. The number of carbonyl (C=O) groups is 1. The Kier molecular flexibility index (Phi) is 4.77. The van der Waals surface area contributed by atoms with Gasteiger partial charge in [-0.25, -0.2) is 18.3 Å². The predicted octanol–water partition coefficient (Wildman–Crippen LogP) is 4.14. The number of amides is 2. The zero-order valence-corrected chi connectivity index (χ0v) is 14.4. The Morgan fingerprint density at radius 1 is 1.28 bits per heavy atom. The first-order chi connectivity index (χ1) is 11.2. The fraction of sp³-hybridized carbons (Fsp3) is 0.733. The summed E-state index contributed by atoms with van der Waals surface area (Å²) < 4.78 is 64.4. The third-order valence-corrected chi connectivity index (χ3v) is 3.95. The molecule has 0 aliphatic heterocycles. The second-order valence-electron chi connectivity index (χ2n) is 7.33. The van der Waals surface area contributed by atoms with Crippen molar-refractivity contribution in [2.75, 3.05) is 11.9 Å². The van der Waals surface area contributed by atoms with E-state index in [1.165, 1.54) is 4.68 Å². The minimum atomic E-state index is -4.53. The van der Waals surface area contributed by atoms with Gasteiger partial charge in [-0.05, 0) is 27.7 Å². The Morgan fingerprint density at radius 3 is 2.28 bits per heavy atom. The monoisotopic (exact) mass is 368 g/mol. The highest BCUT2D eigenvalue weighted by molar-refractivity contribution is 5.89. The molecule has 1 heterocycles. The Labute approximate surface area is 142 Å². The number of urea groups is 1. The molecule has 2 N–H and O–H groups in total.